The molecule has 0 aliphatic carbocycles. The number of hydrogen-bond donors (Lipinski definition) is 1. The van der Waals surface area contributed by atoms with Gasteiger partial charge in [-0.15, -0.1) is 0 Å². The zero-order valence-corrected chi connectivity index (χ0v) is 5.29. The van der Waals surface area contributed by atoms with Gasteiger partial charge in [0.25, 0.3) is 0 Å². The van der Waals surface area contributed by atoms with Crippen molar-refractivity contribution in [1.29, 1.82) is 0 Å². The van der Waals surface area contributed by atoms with Crippen LogP contribution in [0.2, 0.25) is 0 Å². The number of hydrogen-bond acceptors (Lipinski definition) is 2. The molecule has 3 nitrogen and oxygen atoms in total. The highest BCUT2D eigenvalue weighted by Gasteiger charge is 2.15. The lowest BCUT2D eigenvalue weighted by atomic mass is 10.2. The molecule has 3 heteroatoms. The number of fused-ring (bicyclic) bond motifs is 1. The molecule has 0 atom stereocenters. The van der Waals surface area contributed by atoms with Crippen molar-refractivity contribution >= 4 is 11.6 Å². The summed E-state index contributed by atoms with van der Waals surface area (Å²) in [6.45, 7) is 0. The van der Waals surface area contributed by atoms with Crippen LogP contribution in [0, 0.1) is 0 Å². The normalized spacial score (nSPS) is 14.6. The summed E-state index contributed by atoms with van der Waals surface area (Å²) < 4.78 is 0. The van der Waals surface area contributed by atoms with E-state index in [1.807, 2.05) is 6.07 Å². The Morgan fingerprint density at radius 1 is 1.60 bits per heavy atom. The van der Waals surface area contributed by atoms with E-state index in [1.165, 1.54) is 0 Å². The monoisotopic (exact) mass is 134 g/mol. The first-order valence-electron chi connectivity index (χ1n) is 3.09. The molecule has 0 aromatic carbocycles. The van der Waals surface area contributed by atoms with Gasteiger partial charge in [0.1, 0.15) is 0 Å². The van der Waals surface area contributed by atoms with Crippen LogP contribution in [-0.4, -0.2) is 10.9 Å². The van der Waals surface area contributed by atoms with Gasteiger partial charge in [-0.25, -0.2) is 0 Å². The summed E-state index contributed by atoms with van der Waals surface area (Å²) in [7, 11) is 0. The number of rotatable bonds is 0. The summed E-state index contributed by atoms with van der Waals surface area (Å²) in [6, 6.07) is 1.85. The van der Waals surface area contributed by atoms with Gasteiger partial charge in [0.15, 0.2) is 0 Å². The Bertz CT molecular complexity index is 256. The number of amides is 1. The Morgan fingerprint density at radius 3 is 3.30 bits per heavy atom. The van der Waals surface area contributed by atoms with Gasteiger partial charge in [0, 0.05) is 6.20 Å². The molecule has 0 spiro atoms. The fraction of sp³-hybridized carbons (Fsp3) is 0.143. The minimum atomic E-state index is 0.0583. The molecule has 2 rings (SSSR count). The molecule has 1 aliphatic heterocycles. The number of pyridine rings is 1. The second-order valence-electron chi connectivity index (χ2n) is 2.26. The van der Waals surface area contributed by atoms with Crippen LogP contribution in [0.3, 0.4) is 0 Å². The smallest absolute Gasteiger partial charge is 0.228 e. The molecule has 1 aromatic heterocycles. The van der Waals surface area contributed by atoms with Crippen LogP contribution >= 0.6 is 0 Å². The number of carbonyl (C=O) groups excluding carboxylic acids is 1. The van der Waals surface area contributed by atoms with Crippen LogP contribution in [0.5, 0.6) is 0 Å². The number of anilines is 1. The summed E-state index contributed by atoms with van der Waals surface area (Å²) in [5.74, 6) is 0.0583. The molecule has 0 bridgehead atoms. The van der Waals surface area contributed by atoms with Gasteiger partial charge in [-0.05, 0) is 11.6 Å². The maximum atomic E-state index is 10.8. The molecule has 0 unspecified atom stereocenters. The predicted octanol–water partition coefficient (Wildman–Crippen LogP) is 0.576. The van der Waals surface area contributed by atoms with E-state index in [0.717, 1.165) is 11.3 Å². The molecular weight excluding hydrogens is 128 g/mol. The number of nitrogens with zero attached hydrogens (tertiary/aromatic N) is 1. The van der Waals surface area contributed by atoms with E-state index in [1.54, 1.807) is 12.4 Å². The predicted molar refractivity (Wildman–Crippen MR) is 36.6 cm³/mol. The van der Waals surface area contributed by atoms with Crippen molar-refractivity contribution in [2.24, 2.45) is 0 Å². The molecule has 0 saturated heterocycles. The molecular formula is C7H6N2O. The summed E-state index contributed by atoms with van der Waals surface area (Å²) in [5.41, 5.74) is 1.90. The number of nitrogens with one attached hydrogen (secondary N) is 1. The second-order valence-corrected chi connectivity index (χ2v) is 2.26. The van der Waals surface area contributed by atoms with Gasteiger partial charge in [-0.1, -0.05) is 0 Å². The Hall–Kier alpha value is -1.38. The number of aromatic nitrogens is 1. The maximum Gasteiger partial charge on any atom is 0.228 e. The van der Waals surface area contributed by atoms with Crippen molar-refractivity contribution in [3.05, 3.63) is 24.0 Å². The molecule has 0 saturated carbocycles. The van der Waals surface area contributed by atoms with Crippen LogP contribution in [0.15, 0.2) is 18.5 Å². The zero-order chi connectivity index (χ0) is 6.97. The first-order valence-corrected chi connectivity index (χ1v) is 3.09. The van der Waals surface area contributed by atoms with Crippen LogP contribution in [0.25, 0.3) is 0 Å². The minimum absolute atomic E-state index is 0.0583. The van der Waals surface area contributed by atoms with E-state index in [2.05, 4.69) is 10.3 Å². The fourth-order valence-electron chi connectivity index (χ4n) is 1.06. The van der Waals surface area contributed by atoms with E-state index in [0.29, 0.717) is 6.42 Å². The van der Waals surface area contributed by atoms with Gasteiger partial charge in [-0.2, -0.15) is 0 Å². The molecule has 0 radical (unpaired) electrons. The molecule has 1 aromatic rings. The SMILES string of the molecule is O=C1Cc2ccncc2N1. The zero-order valence-electron chi connectivity index (χ0n) is 5.29. The Balaban J connectivity index is 2.51. The average molecular weight is 134 g/mol. The Kier molecular flexibility index (Phi) is 0.974. The van der Waals surface area contributed by atoms with Crippen LogP contribution in [0.1, 0.15) is 5.56 Å². The van der Waals surface area contributed by atoms with Crippen molar-refractivity contribution < 1.29 is 4.79 Å². The Morgan fingerprint density at radius 2 is 2.50 bits per heavy atom. The van der Waals surface area contributed by atoms with E-state index in [9.17, 15) is 4.79 Å². The summed E-state index contributed by atoms with van der Waals surface area (Å²) in [5, 5.41) is 2.70. The topological polar surface area (TPSA) is 42.0 Å². The Labute approximate surface area is 58.1 Å². The van der Waals surface area contributed by atoms with Crippen LogP contribution < -0.4 is 5.32 Å². The maximum absolute atomic E-state index is 10.8. The standard InChI is InChI=1S/C7H6N2O/c10-7-3-5-1-2-8-4-6(5)9-7/h1-2,4H,3H2,(H,9,10). The van der Waals surface area contributed by atoms with Crippen molar-refractivity contribution in [3.8, 4) is 0 Å². The largest absolute Gasteiger partial charge is 0.324 e. The first-order chi connectivity index (χ1) is 4.86. The lowest BCUT2D eigenvalue weighted by molar-refractivity contribution is -0.115. The lowest BCUT2D eigenvalue weighted by Crippen LogP contribution is -2.03. The average Bonchev–Trinajstić information content (AvgIpc) is 2.27. The molecule has 1 amide bonds. The summed E-state index contributed by atoms with van der Waals surface area (Å²) in [6.07, 6.45) is 3.86. The minimum Gasteiger partial charge on any atom is -0.324 e. The third-order valence-electron chi connectivity index (χ3n) is 1.54. The van der Waals surface area contributed by atoms with Gasteiger partial charge >= 0.3 is 0 Å². The molecule has 10 heavy (non-hydrogen) atoms. The fourth-order valence-corrected chi connectivity index (χ4v) is 1.06. The molecule has 50 valence electrons. The van der Waals surface area contributed by atoms with E-state index >= 15 is 0 Å². The van der Waals surface area contributed by atoms with Crippen molar-refractivity contribution in [2.75, 3.05) is 5.32 Å². The second kappa shape index (κ2) is 1.80. The highest BCUT2D eigenvalue weighted by molar-refractivity contribution is 5.98. The third-order valence-corrected chi connectivity index (χ3v) is 1.54. The van der Waals surface area contributed by atoms with E-state index < -0.39 is 0 Å². The van der Waals surface area contributed by atoms with Crippen molar-refractivity contribution in [3.63, 3.8) is 0 Å². The highest BCUT2D eigenvalue weighted by atomic mass is 16.1. The molecule has 2 heterocycles. The molecule has 0 fully saturated rings. The van der Waals surface area contributed by atoms with E-state index in [4.69, 9.17) is 0 Å². The summed E-state index contributed by atoms with van der Waals surface area (Å²) >= 11 is 0. The van der Waals surface area contributed by atoms with Crippen molar-refractivity contribution in [2.45, 2.75) is 6.42 Å². The van der Waals surface area contributed by atoms with Crippen molar-refractivity contribution in [1.82, 2.24) is 4.98 Å². The lowest BCUT2D eigenvalue weighted by Gasteiger charge is -1.92. The van der Waals surface area contributed by atoms with Gasteiger partial charge in [0.2, 0.25) is 5.91 Å². The first kappa shape index (κ1) is 5.41. The van der Waals surface area contributed by atoms with Gasteiger partial charge in [-0.3, -0.25) is 9.78 Å². The van der Waals surface area contributed by atoms with Gasteiger partial charge in [0.05, 0.1) is 18.3 Å². The quantitative estimate of drug-likeness (QED) is 0.563. The third kappa shape index (κ3) is 0.673. The molecule has 1 aliphatic rings. The molecule has 1 N–H and O–H groups in total. The summed E-state index contributed by atoms with van der Waals surface area (Å²) in [4.78, 5) is 14.6. The van der Waals surface area contributed by atoms with Crippen LogP contribution in [0.4, 0.5) is 5.69 Å². The number of carbonyl (C=O) groups is 1. The van der Waals surface area contributed by atoms with Gasteiger partial charge < -0.3 is 5.32 Å². The van der Waals surface area contributed by atoms with Crippen LogP contribution in [-0.2, 0) is 11.2 Å². The van der Waals surface area contributed by atoms with E-state index in [-0.39, 0.29) is 5.91 Å². The highest BCUT2D eigenvalue weighted by Crippen LogP contribution is 2.19.